The second-order valence-corrected chi connectivity index (χ2v) is 8.73. The van der Waals surface area contributed by atoms with Crippen molar-refractivity contribution < 1.29 is 13.6 Å². The van der Waals surface area contributed by atoms with Gasteiger partial charge in [0.1, 0.15) is 5.82 Å². The fourth-order valence-electron chi connectivity index (χ4n) is 4.93. The summed E-state index contributed by atoms with van der Waals surface area (Å²) in [7, 11) is 0. The molecule has 2 aromatic carbocycles. The summed E-state index contributed by atoms with van der Waals surface area (Å²) in [6.45, 7) is 4.64. The van der Waals surface area contributed by atoms with Crippen molar-refractivity contribution in [3.8, 4) is 0 Å². The molecule has 6 nitrogen and oxygen atoms in total. The van der Waals surface area contributed by atoms with Crippen LogP contribution in [0, 0.1) is 12.7 Å². The van der Waals surface area contributed by atoms with Crippen LogP contribution in [0.4, 0.5) is 4.39 Å². The van der Waals surface area contributed by atoms with Crippen LogP contribution < -0.4 is 5.76 Å². The Morgan fingerprint density at radius 3 is 2.65 bits per heavy atom. The molecule has 3 heterocycles. The number of aromatic amines is 1. The van der Waals surface area contributed by atoms with E-state index >= 15 is 0 Å². The monoisotopic (exact) mass is 423 g/mol. The molecule has 0 saturated carbocycles. The zero-order valence-corrected chi connectivity index (χ0v) is 17.6. The molecule has 2 aliphatic heterocycles. The molecule has 1 atom stereocenters. The number of nitrogens with zero attached hydrogens (tertiary/aromatic N) is 2. The number of rotatable bonds is 4. The number of H-pyrrole nitrogens is 1. The first-order valence-corrected chi connectivity index (χ1v) is 10.9. The average molecular weight is 423 g/mol. The number of piperidine rings is 1. The van der Waals surface area contributed by atoms with Gasteiger partial charge in [-0.25, -0.2) is 9.18 Å². The normalized spacial score (nSPS) is 20.8. The summed E-state index contributed by atoms with van der Waals surface area (Å²) in [5, 5.41) is 0. The highest BCUT2D eigenvalue weighted by molar-refractivity contribution is 5.84. The van der Waals surface area contributed by atoms with Gasteiger partial charge in [0.15, 0.2) is 5.58 Å². The summed E-state index contributed by atoms with van der Waals surface area (Å²) in [5.74, 6) is -0.113. The van der Waals surface area contributed by atoms with Crippen molar-refractivity contribution in [3.63, 3.8) is 0 Å². The summed E-state index contributed by atoms with van der Waals surface area (Å²) in [6.07, 6.45) is 2.75. The number of hydrogen-bond acceptors (Lipinski definition) is 4. The lowest BCUT2D eigenvalue weighted by Gasteiger charge is -2.35. The molecule has 162 valence electrons. The Morgan fingerprint density at radius 2 is 1.87 bits per heavy atom. The van der Waals surface area contributed by atoms with Gasteiger partial charge >= 0.3 is 5.76 Å². The lowest BCUT2D eigenvalue weighted by atomic mass is 9.88. The number of likely N-dealkylation sites (tertiary alicyclic amines) is 2. The smallest absolute Gasteiger partial charge is 0.408 e. The Labute approximate surface area is 179 Å². The van der Waals surface area contributed by atoms with Crippen molar-refractivity contribution in [1.82, 2.24) is 14.8 Å². The van der Waals surface area contributed by atoms with Crippen molar-refractivity contribution in [2.24, 2.45) is 0 Å². The number of aryl methyl sites for hydroxylation is 1. The molecule has 0 bridgehead atoms. The highest BCUT2D eigenvalue weighted by atomic mass is 19.1. The Morgan fingerprint density at radius 1 is 1.06 bits per heavy atom. The van der Waals surface area contributed by atoms with E-state index in [0.717, 1.165) is 43.4 Å². The van der Waals surface area contributed by atoms with Gasteiger partial charge in [0.25, 0.3) is 0 Å². The fraction of sp³-hybridized carbons (Fsp3) is 0.417. The Balaban J connectivity index is 1.20. The minimum atomic E-state index is -0.431. The van der Waals surface area contributed by atoms with Gasteiger partial charge in [-0.1, -0.05) is 18.2 Å². The minimum Gasteiger partial charge on any atom is -0.408 e. The first-order valence-electron chi connectivity index (χ1n) is 10.9. The van der Waals surface area contributed by atoms with E-state index in [2.05, 4.69) is 16.0 Å². The summed E-state index contributed by atoms with van der Waals surface area (Å²) >= 11 is 0. The molecule has 2 aliphatic rings. The van der Waals surface area contributed by atoms with Crippen LogP contribution in [0.2, 0.25) is 0 Å². The molecule has 31 heavy (non-hydrogen) atoms. The second-order valence-electron chi connectivity index (χ2n) is 8.73. The number of hydrogen-bond donors (Lipinski definition) is 1. The number of amides is 1. The van der Waals surface area contributed by atoms with Crippen LogP contribution in [0.3, 0.4) is 0 Å². The van der Waals surface area contributed by atoms with Crippen LogP contribution in [-0.4, -0.2) is 46.4 Å². The Hall–Kier alpha value is -2.93. The van der Waals surface area contributed by atoms with Gasteiger partial charge in [-0.2, -0.15) is 0 Å². The molecule has 1 N–H and O–H groups in total. The molecule has 1 amide bonds. The molecule has 0 radical (unpaired) electrons. The molecule has 2 saturated heterocycles. The van der Waals surface area contributed by atoms with E-state index in [9.17, 15) is 14.0 Å². The number of aromatic nitrogens is 1. The van der Waals surface area contributed by atoms with Crippen LogP contribution in [-0.2, 0) is 11.3 Å². The first kappa shape index (κ1) is 20.0. The molecular formula is C24H26FN3O3. The number of nitrogens with one attached hydrogen (secondary N) is 1. The van der Waals surface area contributed by atoms with E-state index in [-0.39, 0.29) is 17.8 Å². The van der Waals surface area contributed by atoms with E-state index in [1.807, 2.05) is 23.1 Å². The SMILES string of the molecule is Cc1ccc(CN2CC[C@H](N3CCC(c4ccc5[nH]c(=O)oc5c4)CC3)C2=O)cc1F. The summed E-state index contributed by atoms with van der Waals surface area (Å²) < 4.78 is 19.0. The fourth-order valence-corrected chi connectivity index (χ4v) is 4.93. The van der Waals surface area contributed by atoms with Crippen molar-refractivity contribution in [1.29, 1.82) is 0 Å². The third-order valence-electron chi connectivity index (χ3n) is 6.77. The number of halogens is 1. The number of carbonyl (C=O) groups excluding carboxylic acids is 1. The minimum absolute atomic E-state index is 0.0820. The topological polar surface area (TPSA) is 69.6 Å². The molecule has 3 aromatic rings. The highest BCUT2D eigenvalue weighted by Crippen LogP contribution is 2.32. The molecule has 0 spiro atoms. The van der Waals surface area contributed by atoms with Gasteiger partial charge in [-0.05, 0) is 80.1 Å². The van der Waals surface area contributed by atoms with E-state index in [1.165, 1.54) is 11.6 Å². The van der Waals surface area contributed by atoms with Crippen molar-refractivity contribution in [2.45, 2.75) is 44.7 Å². The van der Waals surface area contributed by atoms with E-state index < -0.39 is 5.76 Å². The predicted molar refractivity (Wildman–Crippen MR) is 115 cm³/mol. The molecule has 7 heteroatoms. The Kier molecular flexibility index (Phi) is 5.14. The molecule has 2 fully saturated rings. The third-order valence-corrected chi connectivity index (χ3v) is 6.77. The van der Waals surface area contributed by atoms with Crippen LogP contribution in [0.25, 0.3) is 11.1 Å². The van der Waals surface area contributed by atoms with Gasteiger partial charge < -0.3 is 9.32 Å². The maximum Gasteiger partial charge on any atom is 0.417 e. The second kappa shape index (κ2) is 7.96. The van der Waals surface area contributed by atoms with Crippen molar-refractivity contribution in [3.05, 3.63) is 69.5 Å². The third kappa shape index (κ3) is 3.90. The van der Waals surface area contributed by atoms with Gasteiger partial charge in [-0.3, -0.25) is 14.7 Å². The first-order chi connectivity index (χ1) is 15.0. The van der Waals surface area contributed by atoms with Crippen LogP contribution in [0.5, 0.6) is 0 Å². The summed E-state index contributed by atoms with van der Waals surface area (Å²) in [5.41, 5.74) is 3.95. The van der Waals surface area contributed by atoms with E-state index in [1.54, 1.807) is 13.0 Å². The lowest BCUT2D eigenvalue weighted by Crippen LogP contribution is -2.45. The summed E-state index contributed by atoms with van der Waals surface area (Å²) in [4.78, 5) is 31.2. The van der Waals surface area contributed by atoms with Crippen molar-refractivity contribution in [2.75, 3.05) is 19.6 Å². The Bertz CT molecular complexity index is 1180. The van der Waals surface area contributed by atoms with Crippen LogP contribution in [0.15, 0.2) is 45.6 Å². The maximum atomic E-state index is 13.8. The van der Waals surface area contributed by atoms with Crippen LogP contribution in [0.1, 0.15) is 41.9 Å². The van der Waals surface area contributed by atoms with Gasteiger partial charge in [0.05, 0.1) is 11.6 Å². The number of benzene rings is 2. The zero-order chi connectivity index (χ0) is 21.5. The number of fused-ring (bicyclic) bond motifs is 1. The van der Waals surface area contributed by atoms with Crippen molar-refractivity contribution >= 4 is 17.0 Å². The average Bonchev–Trinajstić information content (AvgIpc) is 3.32. The maximum absolute atomic E-state index is 13.8. The number of oxazole rings is 1. The molecular weight excluding hydrogens is 397 g/mol. The van der Waals surface area contributed by atoms with Gasteiger partial charge in [0, 0.05) is 13.1 Å². The largest absolute Gasteiger partial charge is 0.417 e. The molecule has 0 aliphatic carbocycles. The molecule has 0 unspecified atom stereocenters. The lowest BCUT2D eigenvalue weighted by molar-refractivity contribution is -0.133. The van der Waals surface area contributed by atoms with E-state index in [0.29, 0.717) is 30.2 Å². The molecule has 5 rings (SSSR count). The highest BCUT2D eigenvalue weighted by Gasteiger charge is 2.37. The van der Waals surface area contributed by atoms with Gasteiger partial charge in [0.2, 0.25) is 5.91 Å². The number of carbonyl (C=O) groups is 1. The van der Waals surface area contributed by atoms with Gasteiger partial charge in [-0.15, -0.1) is 0 Å². The predicted octanol–water partition coefficient (Wildman–Crippen LogP) is 3.55. The molecule has 1 aromatic heterocycles. The van der Waals surface area contributed by atoms with Crippen LogP contribution >= 0.6 is 0 Å². The zero-order valence-electron chi connectivity index (χ0n) is 17.6. The van der Waals surface area contributed by atoms with E-state index in [4.69, 9.17) is 4.42 Å². The quantitative estimate of drug-likeness (QED) is 0.697. The summed E-state index contributed by atoms with van der Waals surface area (Å²) in [6, 6.07) is 11.0. The standard InChI is InChI=1S/C24H26FN3O3/c1-15-2-3-16(12-19(15)25)14-28-11-8-21(23(28)29)27-9-6-17(7-10-27)18-4-5-20-22(13-18)31-24(30)26-20/h2-5,12-13,17,21H,6-11,14H2,1H3,(H,26,30)/t21-/m0/s1.